The fourth-order valence-electron chi connectivity index (χ4n) is 8.99. The lowest BCUT2D eigenvalue weighted by Gasteiger charge is -2.65. The Hall–Kier alpha value is -1.69. The Labute approximate surface area is 220 Å². The minimum Gasteiger partial charge on any atom is -0.295 e. The van der Waals surface area contributed by atoms with Gasteiger partial charge in [-0.25, -0.2) is 0 Å². The third-order valence-corrected chi connectivity index (χ3v) is 12.4. The highest BCUT2D eigenvalue weighted by molar-refractivity contribution is 6.04. The molecule has 198 valence electrons. The molecular weight excluding hydrogens is 442 g/mol. The van der Waals surface area contributed by atoms with Crippen molar-refractivity contribution in [2.24, 2.45) is 44.3 Å². The maximum atomic E-state index is 14.1. The highest BCUT2D eigenvalue weighted by atomic mass is 16.1. The van der Waals surface area contributed by atoms with Gasteiger partial charge in [0.25, 0.3) is 0 Å². The molecule has 0 heterocycles. The molecule has 0 amide bonds. The van der Waals surface area contributed by atoms with Crippen LogP contribution < -0.4 is 0 Å². The Morgan fingerprint density at radius 2 is 1.53 bits per heavy atom. The first-order valence-corrected chi connectivity index (χ1v) is 14.4. The van der Waals surface area contributed by atoms with Crippen LogP contribution in [-0.2, 0) is 9.59 Å². The van der Waals surface area contributed by atoms with E-state index in [0.717, 1.165) is 38.5 Å². The van der Waals surface area contributed by atoms with Crippen LogP contribution in [0.5, 0.6) is 0 Å². The Balaban J connectivity index is 1.90. The van der Waals surface area contributed by atoms with Crippen molar-refractivity contribution in [1.29, 1.82) is 5.26 Å². The molecule has 1 unspecified atom stereocenters. The van der Waals surface area contributed by atoms with E-state index in [2.05, 4.69) is 54.5 Å². The number of ketones is 2. The molecule has 0 aromatic rings. The van der Waals surface area contributed by atoms with Gasteiger partial charge in [-0.1, -0.05) is 80.4 Å². The van der Waals surface area contributed by atoms with E-state index in [1.165, 1.54) is 24.8 Å². The van der Waals surface area contributed by atoms with E-state index in [4.69, 9.17) is 0 Å². The van der Waals surface area contributed by atoms with Crippen molar-refractivity contribution in [3.63, 3.8) is 0 Å². The van der Waals surface area contributed by atoms with E-state index < -0.39 is 10.8 Å². The molecule has 0 aliphatic heterocycles. The van der Waals surface area contributed by atoms with Crippen molar-refractivity contribution < 1.29 is 9.59 Å². The van der Waals surface area contributed by atoms with Crippen molar-refractivity contribution in [3.05, 3.63) is 23.3 Å². The lowest BCUT2D eigenvalue weighted by atomic mass is 9.38. The highest BCUT2D eigenvalue weighted by Crippen LogP contribution is 2.70. The van der Waals surface area contributed by atoms with Gasteiger partial charge in [-0.3, -0.25) is 9.59 Å². The number of rotatable bonds is 1. The van der Waals surface area contributed by atoms with Crippen LogP contribution in [0.25, 0.3) is 0 Å². The first-order chi connectivity index (χ1) is 16.5. The maximum Gasteiger partial charge on any atom is 0.178 e. The SMILES string of the molecule is CC[C@@]1(C)CCC(C)(C)CCC2C(=O)C=C3[C@@]4(C)C=C(C#N)C(=O)C(C)(C)[C@@H]4CC[C@@]3(C)[C@]2(C)CC1. The summed E-state index contributed by atoms with van der Waals surface area (Å²) in [5.74, 6) is 0.370. The lowest BCUT2D eigenvalue weighted by Crippen LogP contribution is -2.60. The van der Waals surface area contributed by atoms with Crippen LogP contribution in [0.15, 0.2) is 23.3 Å². The topological polar surface area (TPSA) is 57.9 Å². The third-order valence-electron chi connectivity index (χ3n) is 12.4. The van der Waals surface area contributed by atoms with Crippen molar-refractivity contribution in [2.45, 2.75) is 120 Å². The molecule has 0 spiro atoms. The number of nitrogens with zero attached hydrogens (tertiary/aromatic N) is 1. The smallest absolute Gasteiger partial charge is 0.178 e. The molecule has 36 heavy (non-hydrogen) atoms. The van der Waals surface area contributed by atoms with Gasteiger partial charge in [0, 0.05) is 16.7 Å². The predicted molar refractivity (Wildman–Crippen MR) is 146 cm³/mol. The standard InChI is InChI=1S/C33H49NO2/c1-10-30(6)16-15-28(2,3)13-11-23-24(35)19-26-31(7)20-22(21-34)27(36)29(4,5)25(31)12-14-33(26,9)32(23,8)18-17-30/h19-20,23,25H,10-18H2,1-9H3/t23?,25-,30-,31-,32+,33+/m0/s1. The van der Waals surface area contributed by atoms with E-state index in [-0.39, 0.29) is 50.6 Å². The second-order valence-electron chi connectivity index (χ2n) is 15.2. The number of allylic oxidation sites excluding steroid dienone is 4. The minimum atomic E-state index is -0.612. The third kappa shape index (κ3) is 3.80. The normalized spacial score (nSPS) is 44.2. The average Bonchev–Trinajstić information content (AvgIpc) is 2.80. The van der Waals surface area contributed by atoms with E-state index in [1.807, 2.05) is 26.0 Å². The summed E-state index contributed by atoms with van der Waals surface area (Å²) in [5.41, 5.74) is 0.646. The largest absolute Gasteiger partial charge is 0.295 e. The van der Waals surface area contributed by atoms with Crippen LogP contribution in [0, 0.1) is 55.7 Å². The number of fused-ring (bicyclic) bond motifs is 5. The Morgan fingerprint density at radius 3 is 2.14 bits per heavy atom. The maximum absolute atomic E-state index is 14.1. The zero-order valence-electron chi connectivity index (χ0n) is 24.4. The summed E-state index contributed by atoms with van der Waals surface area (Å²) >= 11 is 0. The molecule has 4 aliphatic carbocycles. The van der Waals surface area contributed by atoms with Gasteiger partial charge in [0.05, 0.1) is 5.57 Å². The van der Waals surface area contributed by atoms with Crippen molar-refractivity contribution in [3.8, 4) is 6.07 Å². The molecule has 2 saturated carbocycles. The number of carbonyl (C=O) groups excluding carboxylic acids is 2. The minimum absolute atomic E-state index is 0.0301. The van der Waals surface area contributed by atoms with Crippen LogP contribution in [0.2, 0.25) is 0 Å². The van der Waals surface area contributed by atoms with Crippen LogP contribution in [0.3, 0.4) is 0 Å². The number of Topliss-reactive ketones (excluding diaryl/α,β-unsaturated/α-hetero) is 1. The number of nitriles is 1. The molecule has 4 aliphatic rings. The van der Waals surface area contributed by atoms with Crippen LogP contribution >= 0.6 is 0 Å². The molecule has 0 saturated heterocycles. The zero-order chi connectivity index (χ0) is 26.9. The molecule has 3 heteroatoms. The molecule has 4 rings (SSSR count). The summed E-state index contributed by atoms with van der Waals surface area (Å²) < 4.78 is 0. The summed E-state index contributed by atoms with van der Waals surface area (Å²) in [6.07, 6.45) is 13.8. The van der Waals surface area contributed by atoms with Gasteiger partial charge >= 0.3 is 0 Å². The molecule has 3 nitrogen and oxygen atoms in total. The lowest BCUT2D eigenvalue weighted by molar-refractivity contribution is -0.139. The fraction of sp³-hybridized carbons (Fsp3) is 0.788. The molecule has 2 fully saturated rings. The molecule has 0 N–H and O–H groups in total. The van der Waals surface area contributed by atoms with E-state index in [0.29, 0.717) is 0 Å². The summed E-state index contributed by atoms with van der Waals surface area (Å²) in [4.78, 5) is 27.3. The zero-order valence-corrected chi connectivity index (χ0v) is 24.4. The Kier molecular flexibility index (Phi) is 6.39. The first-order valence-electron chi connectivity index (χ1n) is 14.4. The number of carbonyl (C=O) groups is 2. The van der Waals surface area contributed by atoms with Gasteiger partial charge in [-0.2, -0.15) is 5.26 Å². The molecule has 6 atom stereocenters. The van der Waals surface area contributed by atoms with E-state index in [9.17, 15) is 14.9 Å². The van der Waals surface area contributed by atoms with E-state index in [1.54, 1.807) is 0 Å². The highest BCUT2D eigenvalue weighted by Gasteiger charge is 2.65. The predicted octanol–water partition coefficient (Wildman–Crippen LogP) is 8.40. The van der Waals surface area contributed by atoms with Crippen LogP contribution in [0.4, 0.5) is 0 Å². The average molecular weight is 492 g/mol. The Morgan fingerprint density at radius 1 is 0.889 bits per heavy atom. The summed E-state index contributed by atoms with van der Waals surface area (Å²) in [5, 5.41) is 9.88. The van der Waals surface area contributed by atoms with Gasteiger partial charge in [0.15, 0.2) is 11.6 Å². The van der Waals surface area contributed by atoms with Crippen LogP contribution in [-0.4, -0.2) is 11.6 Å². The molecule has 0 radical (unpaired) electrons. The monoisotopic (exact) mass is 491 g/mol. The van der Waals surface area contributed by atoms with Crippen molar-refractivity contribution in [1.82, 2.24) is 0 Å². The van der Waals surface area contributed by atoms with Gasteiger partial charge in [0.2, 0.25) is 0 Å². The number of hydrogen-bond donors (Lipinski definition) is 0. The molecular formula is C33H49NO2. The summed E-state index contributed by atoms with van der Waals surface area (Å²) in [6.45, 7) is 20.6. The van der Waals surface area contributed by atoms with Crippen molar-refractivity contribution in [2.75, 3.05) is 0 Å². The van der Waals surface area contributed by atoms with Gasteiger partial charge in [0.1, 0.15) is 6.07 Å². The summed E-state index contributed by atoms with van der Waals surface area (Å²) in [7, 11) is 0. The quantitative estimate of drug-likeness (QED) is 0.370. The number of hydrogen-bond acceptors (Lipinski definition) is 3. The first kappa shape index (κ1) is 27.3. The summed E-state index contributed by atoms with van der Waals surface area (Å²) in [6, 6.07) is 2.21. The Bertz CT molecular complexity index is 1070. The van der Waals surface area contributed by atoms with Gasteiger partial charge in [-0.15, -0.1) is 0 Å². The van der Waals surface area contributed by atoms with Gasteiger partial charge in [-0.05, 0) is 85.0 Å². The van der Waals surface area contributed by atoms with Gasteiger partial charge < -0.3 is 0 Å². The molecule has 0 bridgehead atoms. The van der Waals surface area contributed by atoms with E-state index >= 15 is 0 Å². The molecule has 0 aromatic heterocycles. The molecule has 0 aromatic carbocycles. The van der Waals surface area contributed by atoms with Crippen molar-refractivity contribution >= 4 is 11.6 Å². The second kappa shape index (κ2) is 8.41. The fourth-order valence-corrected chi connectivity index (χ4v) is 8.99. The second-order valence-corrected chi connectivity index (χ2v) is 15.2. The van der Waals surface area contributed by atoms with Crippen LogP contribution in [0.1, 0.15) is 120 Å².